The number of piperidine rings is 1. The predicted molar refractivity (Wildman–Crippen MR) is 82.5 cm³/mol. The van der Waals surface area contributed by atoms with Gasteiger partial charge in [-0.05, 0) is 37.4 Å². The van der Waals surface area contributed by atoms with Crippen LogP contribution in [0.1, 0.15) is 45.3 Å². The van der Waals surface area contributed by atoms with E-state index in [1.54, 1.807) is 16.4 Å². The molecule has 6 heteroatoms. The van der Waals surface area contributed by atoms with Crippen LogP contribution in [-0.4, -0.2) is 32.4 Å². The van der Waals surface area contributed by atoms with Gasteiger partial charge in [0, 0.05) is 13.1 Å². The number of rotatable bonds is 7. The number of hydrogen-bond acceptors (Lipinski definition) is 4. The molecule has 1 aliphatic heterocycles. The van der Waals surface area contributed by atoms with Crippen molar-refractivity contribution >= 4 is 10.0 Å². The maximum absolute atomic E-state index is 12.6. The summed E-state index contributed by atoms with van der Waals surface area (Å²) in [6.45, 7) is 6.78. The molecular weight excluding hydrogens is 288 g/mol. The van der Waals surface area contributed by atoms with Gasteiger partial charge in [0.25, 0.3) is 10.0 Å². The molecule has 5 nitrogen and oxygen atoms in total. The summed E-state index contributed by atoms with van der Waals surface area (Å²) in [5.74, 6) is 1.33. The largest absolute Gasteiger partial charge is 0.447 e. The third-order valence-electron chi connectivity index (χ3n) is 4.05. The SMILES string of the molecule is CCCC1CCN(S(=O)(=O)c2ccc(CNCC)o2)CC1. The van der Waals surface area contributed by atoms with Crippen molar-refractivity contribution in [2.24, 2.45) is 5.92 Å². The number of nitrogens with one attached hydrogen (secondary N) is 1. The summed E-state index contributed by atoms with van der Waals surface area (Å²) >= 11 is 0. The van der Waals surface area contributed by atoms with Crippen LogP contribution >= 0.6 is 0 Å². The van der Waals surface area contributed by atoms with Gasteiger partial charge in [-0.15, -0.1) is 0 Å². The Morgan fingerprint density at radius 2 is 2.00 bits per heavy atom. The monoisotopic (exact) mass is 314 g/mol. The van der Waals surface area contributed by atoms with E-state index in [9.17, 15) is 8.42 Å². The third-order valence-corrected chi connectivity index (χ3v) is 5.82. The van der Waals surface area contributed by atoms with Crippen LogP contribution in [0.15, 0.2) is 21.6 Å². The smallest absolute Gasteiger partial charge is 0.276 e. The molecule has 1 aromatic heterocycles. The lowest BCUT2D eigenvalue weighted by molar-refractivity contribution is 0.256. The minimum absolute atomic E-state index is 0.0735. The highest BCUT2D eigenvalue weighted by Crippen LogP contribution is 2.27. The van der Waals surface area contributed by atoms with Gasteiger partial charge in [-0.3, -0.25) is 0 Å². The van der Waals surface area contributed by atoms with Crippen LogP contribution in [0.5, 0.6) is 0 Å². The lowest BCUT2D eigenvalue weighted by Gasteiger charge is -2.30. The Bertz CT molecular complexity index is 531. The van der Waals surface area contributed by atoms with Gasteiger partial charge >= 0.3 is 0 Å². The second kappa shape index (κ2) is 7.42. The topological polar surface area (TPSA) is 62.6 Å². The fourth-order valence-corrected chi connectivity index (χ4v) is 4.21. The molecule has 1 fully saturated rings. The van der Waals surface area contributed by atoms with E-state index < -0.39 is 10.0 Å². The number of hydrogen-bond donors (Lipinski definition) is 1. The van der Waals surface area contributed by atoms with Crippen molar-refractivity contribution in [3.63, 3.8) is 0 Å². The first-order valence-electron chi connectivity index (χ1n) is 7.87. The standard InChI is InChI=1S/C15H26N2O3S/c1-3-5-13-8-10-17(11-9-13)21(18,19)15-7-6-14(20-15)12-16-4-2/h6-7,13,16H,3-5,8-12H2,1-2H3. The highest BCUT2D eigenvalue weighted by atomic mass is 32.2. The molecular formula is C15H26N2O3S. The van der Waals surface area contributed by atoms with Crippen LogP contribution in [0, 0.1) is 5.92 Å². The molecule has 2 heterocycles. The minimum Gasteiger partial charge on any atom is -0.447 e. The predicted octanol–water partition coefficient (Wildman–Crippen LogP) is 2.59. The molecule has 0 amide bonds. The first-order valence-corrected chi connectivity index (χ1v) is 9.31. The summed E-state index contributed by atoms with van der Waals surface area (Å²) in [6, 6.07) is 3.31. The van der Waals surface area contributed by atoms with Gasteiger partial charge in [-0.1, -0.05) is 26.7 Å². The molecule has 1 aliphatic rings. The summed E-state index contributed by atoms with van der Waals surface area (Å²) in [5, 5.41) is 3.20. The van der Waals surface area contributed by atoms with Crippen molar-refractivity contribution in [1.82, 2.24) is 9.62 Å². The maximum Gasteiger partial charge on any atom is 0.276 e. The van der Waals surface area contributed by atoms with Crippen molar-refractivity contribution < 1.29 is 12.8 Å². The zero-order chi connectivity index (χ0) is 15.3. The molecule has 2 rings (SSSR count). The Morgan fingerprint density at radius 3 is 2.62 bits per heavy atom. The highest BCUT2D eigenvalue weighted by molar-refractivity contribution is 7.89. The van der Waals surface area contributed by atoms with Crippen LogP contribution in [0.4, 0.5) is 0 Å². The lowest BCUT2D eigenvalue weighted by atomic mass is 9.94. The summed E-state index contributed by atoms with van der Waals surface area (Å²) in [5.41, 5.74) is 0. The highest BCUT2D eigenvalue weighted by Gasteiger charge is 2.31. The van der Waals surface area contributed by atoms with E-state index in [0.29, 0.717) is 31.3 Å². The van der Waals surface area contributed by atoms with Crippen molar-refractivity contribution in [2.75, 3.05) is 19.6 Å². The fourth-order valence-electron chi connectivity index (χ4n) is 2.81. The average molecular weight is 314 g/mol. The van der Waals surface area contributed by atoms with Crippen molar-refractivity contribution in [3.05, 3.63) is 17.9 Å². The minimum atomic E-state index is -3.47. The molecule has 120 valence electrons. The molecule has 0 aliphatic carbocycles. The van der Waals surface area contributed by atoms with Gasteiger partial charge in [-0.2, -0.15) is 4.31 Å². The Labute approximate surface area is 127 Å². The van der Waals surface area contributed by atoms with Crippen LogP contribution in [0.3, 0.4) is 0 Å². The zero-order valence-electron chi connectivity index (χ0n) is 13.0. The molecule has 0 spiro atoms. The van der Waals surface area contributed by atoms with Crippen LogP contribution < -0.4 is 5.32 Å². The molecule has 1 aromatic rings. The van der Waals surface area contributed by atoms with Crippen LogP contribution in [0.2, 0.25) is 0 Å². The van der Waals surface area contributed by atoms with E-state index in [-0.39, 0.29) is 5.09 Å². The molecule has 1 saturated heterocycles. The van der Waals surface area contributed by atoms with E-state index >= 15 is 0 Å². The van der Waals surface area contributed by atoms with Gasteiger partial charge in [0.05, 0.1) is 6.54 Å². The van der Waals surface area contributed by atoms with E-state index in [1.807, 2.05) is 6.92 Å². The first kappa shape index (κ1) is 16.5. The van der Waals surface area contributed by atoms with Gasteiger partial charge in [0.1, 0.15) is 5.76 Å². The summed E-state index contributed by atoms with van der Waals surface area (Å²) in [7, 11) is -3.47. The van der Waals surface area contributed by atoms with E-state index in [0.717, 1.165) is 19.4 Å². The zero-order valence-corrected chi connectivity index (χ0v) is 13.8. The van der Waals surface area contributed by atoms with Gasteiger partial charge in [0.2, 0.25) is 5.09 Å². The molecule has 1 N–H and O–H groups in total. The van der Waals surface area contributed by atoms with Gasteiger partial charge < -0.3 is 9.73 Å². The molecule has 0 unspecified atom stereocenters. The molecule has 0 aromatic carbocycles. The normalized spacial score (nSPS) is 18.2. The molecule has 0 saturated carbocycles. The van der Waals surface area contributed by atoms with Crippen LogP contribution in [-0.2, 0) is 16.6 Å². The number of sulfonamides is 1. The number of furan rings is 1. The Hall–Kier alpha value is -0.850. The molecule has 0 atom stereocenters. The quantitative estimate of drug-likeness (QED) is 0.840. The summed E-state index contributed by atoms with van der Waals surface area (Å²) < 4.78 is 32.2. The summed E-state index contributed by atoms with van der Waals surface area (Å²) in [4.78, 5) is 0. The van der Waals surface area contributed by atoms with E-state index in [1.165, 1.54) is 12.8 Å². The van der Waals surface area contributed by atoms with Gasteiger partial charge in [0.15, 0.2) is 0 Å². The Kier molecular flexibility index (Phi) is 5.84. The Balaban J connectivity index is 2.00. The van der Waals surface area contributed by atoms with E-state index in [2.05, 4.69) is 12.2 Å². The van der Waals surface area contributed by atoms with Crippen molar-refractivity contribution in [2.45, 2.75) is 51.2 Å². The Morgan fingerprint density at radius 1 is 1.29 bits per heavy atom. The number of nitrogens with zero attached hydrogens (tertiary/aromatic N) is 1. The third kappa shape index (κ3) is 4.08. The maximum atomic E-state index is 12.6. The lowest BCUT2D eigenvalue weighted by Crippen LogP contribution is -2.38. The second-order valence-electron chi connectivity index (χ2n) is 5.64. The average Bonchev–Trinajstić information content (AvgIpc) is 2.96. The fraction of sp³-hybridized carbons (Fsp3) is 0.733. The molecule has 0 bridgehead atoms. The first-order chi connectivity index (χ1) is 10.1. The molecule has 0 radical (unpaired) electrons. The van der Waals surface area contributed by atoms with E-state index in [4.69, 9.17) is 4.42 Å². The van der Waals surface area contributed by atoms with Crippen molar-refractivity contribution in [1.29, 1.82) is 0 Å². The summed E-state index contributed by atoms with van der Waals surface area (Å²) in [6.07, 6.45) is 4.28. The van der Waals surface area contributed by atoms with Crippen molar-refractivity contribution in [3.8, 4) is 0 Å². The second-order valence-corrected chi connectivity index (χ2v) is 7.51. The van der Waals surface area contributed by atoms with Gasteiger partial charge in [-0.25, -0.2) is 8.42 Å². The van der Waals surface area contributed by atoms with Crippen LogP contribution in [0.25, 0.3) is 0 Å². The molecule has 21 heavy (non-hydrogen) atoms.